The van der Waals surface area contributed by atoms with Gasteiger partial charge < -0.3 is 19.1 Å². The Bertz CT molecular complexity index is 829. The van der Waals surface area contributed by atoms with Gasteiger partial charge in [0, 0.05) is 31.9 Å². The molecule has 7 heteroatoms. The monoisotopic (exact) mass is 383 g/mol. The fourth-order valence-corrected chi connectivity index (χ4v) is 4.15. The standard InChI is InChI=1S/C21H25N3O4/c1-26-19-12-17(22-21(23-19)27-2)20(25)24-13-16-6-4-3-5-15(16)11-18(24)14-7-9-28-10-8-14/h3-6,12,14,18H,7-11,13H2,1-2H3/t18-/m1/s1. The Morgan fingerprint density at radius 1 is 1.11 bits per heavy atom. The number of ether oxygens (including phenoxy) is 3. The van der Waals surface area contributed by atoms with E-state index in [0.717, 1.165) is 32.5 Å². The maximum Gasteiger partial charge on any atom is 0.320 e. The largest absolute Gasteiger partial charge is 0.481 e. The van der Waals surface area contributed by atoms with E-state index in [1.165, 1.54) is 25.3 Å². The molecule has 28 heavy (non-hydrogen) atoms. The van der Waals surface area contributed by atoms with E-state index >= 15 is 0 Å². The molecule has 2 aliphatic heterocycles. The lowest BCUT2D eigenvalue weighted by Crippen LogP contribution is -2.49. The minimum absolute atomic E-state index is 0.120. The van der Waals surface area contributed by atoms with Crippen LogP contribution in [0.4, 0.5) is 0 Å². The molecule has 0 unspecified atom stereocenters. The molecule has 2 aromatic rings. The van der Waals surface area contributed by atoms with Gasteiger partial charge in [0.15, 0.2) is 0 Å². The molecule has 148 valence electrons. The van der Waals surface area contributed by atoms with Gasteiger partial charge in [-0.25, -0.2) is 0 Å². The number of amides is 1. The summed E-state index contributed by atoms with van der Waals surface area (Å²) in [5.74, 6) is 0.608. The zero-order chi connectivity index (χ0) is 19.5. The van der Waals surface area contributed by atoms with Crippen molar-refractivity contribution in [1.29, 1.82) is 0 Å². The number of benzene rings is 1. The summed E-state index contributed by atoms with van der Waals surface area (Å²) in [5.41, 5.74) is 2.80. The van der Waals surface area contributed by atoms with Crippen LogP contribution in [0, 0.1) is 5.92 Å². The van der Waals surface area contributed by atoms with Crippen LogP contribution in [-0.2, 0) is 17.7 Å². The lowest BCUT2D eigenvalue weighted by molar-refractivity contribution is 0.0177. The second kappa shape index (κ2) is 8.14. The number of hydrogen-bond acceptors (Lipinski definition) is 6. The first-order valence-electron chi connectivity index (χ1n) is 9.62. The minimum atomic E-state index is -0.120. The molecule has 1 saturated heterocycles. The number of methoxy groups -OCH3 is 2. The summed E-state index contributed by atoms with van der Waals surface area (Å²) in [6, 6.07) is 10.2. The highest BCUT2D eigenvalue weighted by Crippen LogP contribution is 2.33. The molecule has 0 N–H and O–H groups in total. The zero-order valence-corrected chi connectivity index (χ0v) is 16.3. The van der Waals surface area contributed by atoms with E-state index in [1.807, 2.05) is 11.0 Å². The smallest absolute Gasteiger partial charge is 0.320 e. The van der Waals surface area contributed by atoms with Crippen LogP contribution < -0.4 is 9.47 Å². The lowest BCUT2D eigenvalue weighted by atomic mass is 9.82. The van der Waals surface area contributed by atoms with Gasteiger partial charge in [-0.2, -0.15) is 9.97 Å². The van der Waals surface area contributed by atoms with Crippen LogP contribution in [0.25, 0.3) is 0 Å². The topological polar surface area (TPSA) is 73.8 Å². The molecular formula is C21H25N3O4. The highest BCUT2D eigenvalue weighted by Gasteiger charge is 2.36. The van der Waals surface area contributed by atoms with Crippen LogP contribution in [0.15, 0.2) is 30.3 Å². The van der Waals surface area contributed by atoms with E-state index in [0.29, 0.717) is 24.0 Å². The highest BCUT2D eigenvalue weighted by atomic mass is 16.5. The Kier molecular flexibility index (Phi) is 5.43. The first-order chi connectivity index (χ1) is 13.7. The third-order valence-corrected chi connectivity index (χ3v) is 5.65. The summed E-state index contributed by atoms with van der Waals surface area (Å²) in [7, 11) is 2.99. The van der Waals surface area contributed by atoms with Gasteiger partial charge in [-0.05, 0) is 36.3 Å². The SMILES string of the molecule is COc1cc(C(=O)N2Cc3ccccc3C[C@@H]2C2CCOCC2)nc(OC)n1. The van der Waals surface area contributed by atoms with Gasteiger partial charge in [0.2, 0.25) is 5.88 Å². The Morgan fingerprint density at radius 3 is 2.57 bits per heavy atom. The lowest BCUT2D eigenvalue weighted by Gasteiger charge is -2.42. The number of rotatable bonds is 4. The highest BCUT2D eigenvalue weighted by molar-refractivity contribution is 5.93. The normalized spacial score (nSPS) is 19.8. The third kappa shape index (κ3) is 3.67. The molecule has 1 atom stereocenters. The minimum Gasteiger partial charge on any atom is -0.481 e. The van der Waals surface area contributed by atoms with E-state index in [-0.39, 0.29) is 18.0 Å². The van der Waals surface area contributed by atoms with Crippen molar-refractivity contribution in [2.45, 2.75) is 31.8 Å². The van der Waals surface area contributed by atoms with Crippen molar-refractivity contribution >= 4 is 5.91 Å². The van der Waals surface area contributed by atoms with Gasteiger partial charge in [0.25, 0.3) is 5.91 Å². The van der Waals surface area contributed by atoms with Crippen LogP contribution >= 0.6 is 0 Å². The van der Waals surface area contributed by atoms with Gasteiger partial charge in [0.1, 0.15) is 5.69 Å². The molecule has 0 bridgehead atoms. The quantitative estimate of drug-likeness (QED) is 0.808. The van der Waals surface area contributed by atoms with E-state index < -0.39 is 0 Å². The fraction of sp³-hybridized carbons (Fsp3) is 0.476. The molecule has 0 aliphatic carbocycles. The van der Waals surface area contributed by atoms with Crippen molar-refractivity contribution in [2.24, 2.45) is 5.92 Å². The molecule has 1 aromatic carbocycles. The molecule has 2 aliphatic rings. The van der Waals surface area contributed by atoms with Crippen LogP contribution in [0.5, 0.6) is 11.9 Å². The fourth-order valence-electron chi connectivity index (χ4n) is 4.15. The third-order valence-electron chi connectivity index (χ3n) is 5.65. The predicted molar refractivity (Wildman–Crippen MR) is 102 cm³/mol. The number of fused-ring (bicyclic) bond motifs is 1. The molecular weight excluding hydrogens is 358 g/mol. The molecule has 4 rings (SSSR count). The van der Waals surface area contributed by atoms with Crippen LogP contribution in [0.2, 0.25) is 0 Å². The predicted octanol–water partition coefficient (Wildman–Crippen LogP) is 2.49. The number of aromatic nitrogens is 2. The van der Waals surface area contributed by atoms with E-state index in [1.54, 1.807) is 6.07 Å². The Hall–Kier alpha value is -2.67. The second-order valence-electron chi connectivity index (χ2n) is 7.21. The van der Waals surface area contributed by atoms with E-state index in [9.17, 15) is 4.79 Å². The Balaban J connectivity index is 1.69. The van der Waals surface area contributed by atoms with Gasteiger partial charge in [-0.1, -0.05) is 24.3 Å². The van der Waals surface area contributed by atoms with Crippen molar-refractivity contribution in [3.05, 3.63) is 47.2 Å². The summed E-state index contributed by atoms with van der Waals surface area (Å²) in [4.78, 5) is 23.8. The summed E-state index contributed by atoms with van der Waals surface area (Å²) in [6.45, 7) is 2.08. The van der Waals surface area contributed by atoms with Gasteiger partial charge in [-0.15, -0.1) is 0 Å². The van der Waals surface area contributed by atoms with Gasteiger partial charge >= 0.3 is 6.01 Å². The number of hydrogen-bond donors (Lipinski definition) is 0. The first kappa shape index (κ1) is 18.7. The van der Waals surface area contributed by atoms with Crippen molar-refractivity contribution in [3.63, 3.8) is 0 Å². The number of carbonyl (C=O) groups is 1. The van der Waals surface area contributed by atoms with Crippen LogP contribution in [0.3, 0.4) is 0 Å². The number of nitrogens with zero attached hydrogens (tertiary/aromatic N) is 3. The van der Waals surface area contributed by atoms with E-state index in [4.69, 9.17) is 14.2 Å². The molecule has 3 heterocycles. The molecule has 1 aromatic heterocycles. The molecule has 1 amide bonds. The molecule has 0 radical (unpaired) electrons. The second-order valence-corrected chi connectivity index (χ2v) is 7.21. The maximum atomic E-state index is 13.5. The zero-order valence-electron chi connectivity index (χ0n) is 16.3. The van der Waals surface area contributed by atoms with Crippen molar-refractivity contribution < 1.29 is 19.0 Å². The maximum absolute atomic E-state index is 13.5. The van der Waals surface area contributed by atoms with Crippen molar-refractivity contribution in [2.75, 3.05) is 27.4 Å². The summed E-state index contributed by atoms with van der Waals surface area (Å²) in [6.07, 6.45) is 2.78. The summed E-state index contributed by atoms with van der Waals surface area (Å²) >= 11 is 0. The van der Waals surface area contributed by atoms with Crippen molar-refractivity contribution in [1.82, 2.24) is 14.9 Å². The first-order valence-corrected chi connectivity index (χ1v) is 9.62. The summed E-state index contributed by atoms with van der Waals surface area (Å²) < 4.78 is 15.9. The Labute approximate surface area is 164 Å². The average Bonchev–Trinajstić information content (AvgIpc) is 2.77. The van der Waals surface area contributed by atoms with E-state index in [2.05, 4.69) is 28.2 Å². The molecule has 0 spiro atoms. The van der Waals surface area contributed by atoms with Crippen LogP contribution in [-0.4, -0.2) is 54.3 Å². The van der Waals surface area contributed by atoms with Crippen molar-refractivity contribution in [3.8, 4) is 11.9 Å². The molecule has 0 saturated carbocycles. The van der Waals surface area contributed by atoms with Gasteiger partial charge in [-0.3, -0.25) is 4.79 Å². The molecule has 1 fully saturated rings. The summed E-state index contributed by atoms with van der Waals surface area (Å²) in [5, 5.41) is 0. The average molecular weight is 383 g/mol. The van der Waals surface area contributed by atoms with Crippen LogP contribution in [0.1, 0.15) is 34.5 Å². The number of carbonyl (C=O) groups excluding carboxylic acids is 1. The Morgan fingerprint density at radius 2 is 1.86 bits per heavy atom. The van der Waals surface area contributed by atoms with Gasteiger partial charge in [0.05, 0.1) is 14.2 Å². The molecule has 7 nitrogen and oxygen atoms in total.